The number of pyridine rings is 1. The van der Waals surface area contributed by atoms with Crippen molar-refractivity contribution in [2.75, 3.05) is 11.1 Å². The Morgan fingerprint density at radius 2 is 1.90 bits per heavy atom. The van der Waals surface area contributed by atoms with E-state index in [0.29, 0.717) is 24.1 Å². The van der Waals surface area contributed by atoms with Gasteiger partial charge in [-0.05, 0) is 66.1 Å². The zero-order valence-corrected chi connectivity index (χ0v) is 15.6. The second-order valence-corrected chi connectivity index (χ2v) is 6.47. The molecule has 0 saturated heterocycles. The van der Waals surface area contributed by atoms with E-state index in [1.54, 1.807) is 48.8 Å². The molecule has 1 heterocycles. The largest absolute Gasteiger partial charge is 0.397 e. The first-order valence-corrected chi connectivity index (χ1v) is 9.07. The molecule has 1 aromatic heterocycles. The molecule has 0 radical (unpaired) electrons. The number of rotatable bonds is 7. The summed E-state index contributed by atoms with van der Waals surface area (Å²) in [5, 5.41) is 2.66. The minimum Gasteiger partial charge on any atom is -0.397 e. The number of nitrogen functional groups attached to an aromatic ring is 1. The van der Waals surface area contributed by atoms with Gasteiger partial charge in [-0.15, -0.1) is 0 Å². The summed E-state index contributed by atoms with van der Waals surface area (Å²) in [6.45, 7) is 0. The van der Waals surface area contributed by atoms with Gasteiger partial charge in [-0.2, -0.15) is 0 Å². The number of nitrogens with two attached hydrogens (primary N) is 1. The van der Waals surface area contributed by atoms with Gasteiger partial charge in [0.1, 0.15) is 5.82 Å². The average Bonchev–Trinajstić information content (AvgIpc) is 2.74. The van der Waals surface area contributed by atoms with Gasteiger partial charge in [-0.3, -0.25) is 14.6 Å². The summed E-state index contributed by atoms with van der Waals surface area (Å²) < 4.78 is 13.1. The second kappa shape index (κ2) is 9.41. The fourth-order valence-electron chi connectivity index (χ4n) is 2.68. The van der Waals surface area contributed by atoms with E-state index in [2.05, 4.69) is 10.3 Å². The molecule has 146 valence electrons. The Labute approximate surface area is 168 Å². The molecule has 3 aromatic rings. The van der Waals surface area contributed by atoms with Crippen LogP contribution in [-0.4, -0.2) is 16.7 Å². The number of benzene rings is 2. The fourth-order valence-corrected chi connectivity index (χ4v) is 2.68. The average molecular weight is 389 g/mol. The standard InChI is InChI=1S/C23H20FN3O2/c24-19-9-12-22(21(25)14-19)27-23(29)18-7-3-16(4-8-18)5-10-20(28)11-6-17-2-1-13-26-15-17/h1-4,6-9,11-15H,5,10,25H2,(H,27,29)/b11-6+. The summed E-state index contributed by atoms with van der Waals surface area (Å²) in [7, 11) is 0. The van der Waals surface area contributed by atoms with Crippen molar-refractivity contribution in [3.8, 4) is 0 Å². The lowest BCUT2D eigenvalue weighted by molar-refractivity contribution is -0.114. The van der Waals surface area contributed by atoms with Gasteiger partial charge < -0.3 is 11.1 Å². The third-order valence-electron chi connectivity index (χ3n) is 4.28. The normalized spacial score (nSPS) is 10.8. The summed E-state index contributed by atoms with van der Waals surface area (Å²) in [5.74, 6) is -0.789. The molecule has 0 aliphatic rings. The number of hydrogen-bond acceptors (Lipinski definition) is 4. The van der Waals surface area contributed by atoms with Gasteiger partial charge in [-0.1, -0.05) is 18.2 Å². The predicted molar refractivity (Wildman–Crippen MR) is 112 cm³/mol. The lowest BCUT2D eigenvalue weighted by atomic mass is 10.0. The van der Waals surface area contributed by atoms with Crippen molar-refractivity contribution in [2.45, 2.75) is 12.8 Å². The highest BCUT2D eigenvalue weighted by atomic mass is 19.1. The maximum absolute atomic E-state index is 13.1. The van der Waals surface area contributed by atoms with Crippen LogP contribution in [0.5, 0.6) is 0 Å². The van der Waals surface area contributed by atoms with Crippen LogP contribution in [0.15, 0.2) is 73.1 Å². The molecule has 3 N–H and O–H groups in total. The summed E-state index contributed by atoms with van der Waals surface area (Å²) >= 11 is 0. The van der Waals surface area contributed by atoms with Gasteiger partial charge in [0.25, 0.3) is 5.91 Å². The van der Waals surface area contributed by atoms with Gasteiger partial charge in [0.05, 0.1) is 11.4 Å². The van der Waals surface area contributed by atoms with Crippen molar-refractivity contribution in [2.24, 2.45) is 0 Å². The Morgan fingerprint density at radius 1 is 1.10 bits per heavy atom. The molecule has 0 saturated carbocycles. The predicted octanol–water partition coefficient (Wildman–Crippen LogP) is 4.27. The van der Waals surface area contributed by atoms with Crippen molar-refractivity contribution >= 4 is 29.1 Å². The third-order valence-corrected chi connectivity index (χ3v) is 4.28. The highest BCUT2D eigenvalue weighted by Gasteiger charge is 2.09. The number of aromatic nitrogens is 1. The van der Waals surface area contributed by atoms with E-state index in [4.69, 9.17) is 5.73 Å². The summed E-state index contributed by atoms with van der Waals surface area (Å²) in [6.07, 6.45) is 7.60. The van der Waals surface area contributed by atoms with Crippen molar-refractivity contribution in [1.82, 2.24) is 4.98 Å². The topological polar surface area (TPSA) is 85.1 Å². The van der Waals surface area contributed by atoms with Gasteiger partial charge in [0, 0.05) is 24.4 Å². The van der Waals surface area contributed by atoms with Crippen molar-refractivity contribution in [1.29, 1.82) is 0 Å². The molecule has 0 unspecified atom stereocenters. The van der Waals surface area contributed by atoms with Crippen LogP contribution >= 0.6 is 0 Å². The van der Waals surface area contributed by atoms with Crippen LogP contribution in [0, 0.1) is 5.82 Å². The molecule has 0 aliphatic carbocycles. The number of ketones is 1. The van der Waals surface area contributed by atoms with E-state index in [1.807, 2.05) is 12.1 Å². The first-order chi connectivity index (χ1) is 14.0. The van der Waals surface area contributed by atoms with Crippen molar-refractivity contribution in [3.63, 3.8) is 0 Å². The number of allylic oxidation sites excluding steroid dienone is 1. The van der Waals surface area contributed by atoms with E-state index >= 15 is 0 Å². The number of anilines is 2. The number of amides is 1. The van der Waals surface area contributed by atoms with Crippen LogP contribution < -0.4 is 11.1 Å². The summed E-state index contributed by atoms with van der Waals surface area (Å²) in [6, 6.07) is 14.5. The second-order valence-electron chi connectivity index (χ2n) is 6.47. The first-order valence-electron chi connectivity index (χ1n) is 9.07. The summed E-state index contributed by atoms with van der Waals surface area (Å²) in [5.41, 5.74) is 8.49. The number of nitrogens with zero attached hydrogens (tertiary/aromatic N) is 1. The van der Waals surface area contributed by atoms with E-state index in [9.17, 15) is 14.0 Å². The van der Waals surface area contributed by atoms with Crippen LogP contribution in [0.4, 0.5) is 15.8 Å². The molecule has 0 fully saturated rings. The number of aryl methyl sites for hydroxylation is 1. The van der Waals surface area contributed by atoms with Gasteiger partial charge in [-0.25, -0.2) is 4.39 Å². The van der Waals surface area contributed by atoms with Crippen molar-refractivity contribution < 1.29 is 14.0 Å². The smallest absolute Gasteiger partial charge is 0.255 e. The molecular weight excluding hydrogens is 369 g/mol. The summed E-state index contributed by atoms with van der Waals surface area (Å²) in [4.78, 5) is 28.3. The Bertz CT molecular complexity index is 1030. The van der Waals surface area contributed by atoms with E-state index in [-0.39, 0.29) is 17.4 Å². The maximum Gasteiger partial charge on any atom is 0.255 e. The van der Waals surface area contributed by atoms with Crippen LogP contribution in [0.1, 0.15) is 27.9 Å². The van der Waals surface area contributed by atoms with E-state index in [0.717, 1.165) is 17.2 Å². The minimum atomic E-state index is -0.463. The molecular formula is C23H20FN3O2. The fraction of sp³-hybridized carbons (Fsp3) is 0.0870. The van der Waals surface area contributed by atoms with Crippen LogP contribution in [0.25, 0.3) is 6.08 Å². The van der Waals surface area contributed by atoms with Gasteiger partial charge >= 0.3 is 0 Å². The quantitative estimate of drug-likeness (QED) is 0.467. The zero-order valence-electron chi connectivity index (χ0n) is 15.6. The van der Waals surface area contributed by atoms with Crippen LogP contribution in [-0.2, 0) is 11.2 Å². The minimum absolute atomic E-state index is 0.0162. The number of carbonyl (C=O) groups excluding carboxylic acids is 2. The van der Waals surface area contributed by atoms with Crippen LogP contribution in [0.2, 0.25) is 0 Å². The SMILES string of the molecule is Nc1cc(F)ccc1NC(=O)c1ccc(CCC(=O)/C=C/c2cccnc2)cc1. The van der Waals surface area contributed by atoms with E-state index in [1.165, 1.54) is 12.1 Å². The molecule has 5 nitrogen and oxygen atoms in total. The van der Waals surface area contributed by atoms with Gasteiger partial charge in [0.15, 0.2) is 5.78 Å². The maximum atomic E-state index is 13.1. The number of carbonyl (C=O) groups is 2. The first kappa shape index (κ1) is 19.9. The molecule has 0 atom stereocenters. The Hall–Kier alpha value is -3.80. The van der Waals surface area contributed by atoms with Crippen molar-refractivity contribution in [3.05, 3.63) is 95.6 Å². The Balaban J connectivity index is 1.53. The molecule has 1 amide bonds. The molecule has 3 rings (SSSR count). The number of hydrogen-bond donors (Lipinski definition) is 2. The Morgan fingerprint density at radius 3 is 2.59 bits per heavy atom. The number of nitrogens with one attached hydrogen (secondary N) is 1. The molecule has 2 aromatic carbocycles. The third kappa shape index (κ3) is 5.84. The highest BCUT2D eigenvalue weighted by molar-refractivity contribution is 6.05. The lowest BCUT2D eigenvalue weighted by Gasteiger charge is -2.08. The molecule has 0 spiro atoms. The lowest BCUT2D eigenvalue weighted by Crippen LogP contribution is -2.13. The van der Waals surface area contributed by atoms with E-state index < -0.39 is 5.82 Å². The molecule has 6 heteroatoms. The molecule has 0 aliphatic heterocycles. The molecule has 0 bridgehead atoms. The highest BCUT2D eigenvalue weighted by Crippen LogP contribution is 2.20. The number of halogens is 1. The zero-order chi connectivity index (χ0) is 20.6. The van der Waals surface area contributed by atoms with Crippen LogP contribution in [0.3, 0.4) is 0 Å². The monoisotopic (exact) mass is 389 g/mol. The van der Waals surface area contributed by atoms with Gasteiger partial charge in [0.2, 0.25) is 0 Å². The Kier molecular flexibility index (Phi) is 6.47. The molecule has 29 heavy (non-hydrogen) atoms.